The van der Waals surface area contributed by atoms with E-state index in [1.165, 1.54) is 24.6 Å². The highest BCUT2D eigenvalue weighted by molar-refractivity contribution is 9.10. The van der Waals surface area contributed by atoms with Gasteiger partial charge in [-0.15, -0.1) is 0 Å². The summed E-state index contributed by atoms with van der Waals surface area (Å²) in [6, 6.07) is 5.58. The third kappa shape index (κ3) is 3.45. The Labute approximate surface area is 122 Å². The highest BCUT2D eigenvalue weighted by Crippen LogP contribution is 2.28. The van der Waals surface area contributed by atoms with Crippen LogP contribution in [0.3, 0.4) is 0 Å². The molecule has 2 aromatic rings. The maximum Gasteiger partial charge on any atom is 0.349 e. The summed E-state index contributed by atoms with van der Waals surface area (Å²) in [6.07, 6.45) is 1.48. The molecule has 0 aliphatic carbocycles. The highest BCUT2D eigenvalue weighted by Gasteiger charge is 2.11. The Morgan fingerprint density at radius 3 is 2.84 bits per heavy atom. The molecule has 0 aliphatic rings. The summed E-state index contributed by atoms with van der Waals surface area (Å²) >= 11 is 4.62. The smallest absolute Gasteiger partial charge is 0.349 e. The van der Waals surface area contributed by atoms with Crippen molar-refractivity contribution < 1.29 is 14.3 Å². The third-order valence-corrected chi connectivity index (χ3v) is 3.60. The van der Waals surface area contributed by atoms with Crippen LogP contribution in [-0.2, 0) is 4.74 Å². The van der Waals surface area contributed by atoms with Gasteiger partial charge in [-0.1, -0.05) is 27.3 Å². The SMILES string of the molecule is COC(=O)c1cnc(Nc2cc(Br)cc(OC)c2)s1. The van der Waals surface area contributed by atoms with Crippen LogP contribution in [0.15, 0.2) is 28.9 Å². The number of ether oxygens (including phenoxy) is 2. The molecule has 0 fully saturated rings. The Morgan fingerprint density at radius 1 is 1.37 bits per heavy atom. The summed E-state index contributed by atoms with van der Waals surface area (Å²) in [5.41, 5.74) is 0.817. The molecule has 0 saturated heterocycles. The van der Waals surface area contributed by atoms with E-state index in [4.69, 9.17) is 4.74 Å². The van der Waals surface area contributed by atoms with Gasteiger partial charge in [-0.05, 0) is 12.1 Å². The fraction of sp³-hybridized carbons (Fsp3) is 0.167. The maximum atomic E-state index is 11.3. The molecule has 0 atom stereocenters. The van der Waals surface area contributed by atoms with Gasteiger partial charge in [0.1, 0.15) is 10.6 Å². The van der Waals surface area contributed by atoms with Gasteiger partial charge in [0.15, 0.2) is 5.13 Å². The van der Waals surface area contributed by atoms with Crippen molar-refractivity contribution in [2.75, 3.05) is 19.5 Å². The molecule has 0 amide bonds. The number of aromatic nitrogens is 1. The van der Waals surface area contributed by atoms with Crippen LogP contribution in [0.25, 0.3) is 0 Å². The van der Waals surface area contributed by atoms with E-state index in [0.717, 1.165) is 15.9 Å². The van der Waals surface area contributed by atoms with Crippen LogP contribution in [0.2, 0.25) is 0 Å². The van der Waals surface area contributed by atoms with E-state index in [1.807, 2.05) is 18.2 Å². The van der Waals surface area contributed by atoms with Crippen LogP contribution in [0.5, 0.6) is 5.75 Å². The van der Waals surface area contributed by atoms with Crippen molar-refractivity contribution in [2.24, 2.45) is 0 Å². The Morgan fingerprint density at radius 2 is 2.16 bits per heavy atom. The summed E-state index contributed by atoms with van der Waals surface area (Å²) in [5.74, 6) is 0.332. The fourth-order valence-corrected chi connectivity index (χ4v) is 2.63. The van der Waals surface area contributed by atoms with E-state index < -0.39 is 5.97 Å². The molecule has 0 unspecified atom stereocenters. The van der Waals surface area contributed by atoms with Gasteiger partial charge in [0.05, 0.1) is 20.4 Å². The first-order valence-corrected chi connectivity index (χ1v) is 6.89. The molecule has 0 spiro atoms. The third-order valence-electron chi connectivity index (χ3n) is 2.25. The molecular weight excluding hydrogens is 332 g/mol. The minimum Gasteiger partial charge on any atom is -0.497 e. The number of halogens is 1. The van der Waals surface area contributed by atoms with Crippen molar-refractivity contribution in [1.82, 2.24) is 4.98 Å². The number of carbonyl (C=O) groups is 1. The number of nitrogens with zero attached hydrogens (tertiary/aromatic N) is 1. The molecule has 0 bridgehead atoms. The van der Waals surface area contributed by atoms with Crippen LogP contribution < -0.4 is 10.1 Å². The number of carbonyl (C=O) groups excluding carboxylic acids is 1. The molecule has 0 aliphatic heterocycles. The largest absolute Gasteiger partial charge is 0.497 e. The maximum absolute atomic E-state index is 11.3. The number of rotatable bonds is 4. The molecule has 2 rings (SSSR count). The van der Waals surface area contributed by atoms with E-state index >= 15 is 0 Å². The van der Waals surface area contributed by atoms with Gasteiger partial charge >= 0.3 is 5.97 Å². The normalized spacial score (nSPS) is 10.1. The average molecular weight is 343 g/mol. The Hall–Kier alpha value is -1.60. The fourth-order valence-electron chi connectivity index (χ4n) is 1.40. The number of esters is 1. The second-order valence-electron chi connectivity index (χ2n) is 3.53. The summed E-state index contributed by atoms with van der Waals surface area (Å²) in [5, 5.41) is 3.72. The summed E-state index contributed by atoms with van der Waals surface area (Å²) < 4.78 is 10.7. The lowest BCUT2D eigenvalue weighted by molar-refractivity contribution is 0.0606. The van der Waals surface area contributed by atoms with Crippen LogP contribution in [0.4, 0.5) is 10.8 Å². The van der Waals surface area contributed by atoms with Crippen LogP contribution in [-0.4, -0.2) is 25.2 Å². The lowest BCUT2D eigenvalue weighted by Crippen LogP contribution is -1.96. The Kier molecular flexibility index (Phi) is 4.39. The molecular formula is C12H11BrN2O3S. The van der Waals surface area contributed by atoms with Crippen molar-refractivity contribution in [3.8, 4) is 5.75 Å². The molecule has 100 valence electrons. The quantitative estimate of drug-likeness (QED) is 0.862. The van der Waals surface area contributed by atoms with Crippen molar-refractivity contribution in [2.45, 2.75) is 0 Å². The number of methoxy groups -OCH3 is 2. The molecule has 1 N–H and O–H groups in total. The van der Waals surface area contributed by atoms with Gasteiger partial charge in [0, 0.05) is 16.2 Å². The van der Waals surface area contributed by atoms with Crippen LogP contribution in [0.1, 0.15) is 9.67 Å². The lowest BCUT2D eigenvalue weighted by Gasteiger charge is -2.06. The van der Waals surface area contributed by atoms with Crippen molar-refractivity contribution in [1.29, 1.82) is 0 Å². The van der Waals surface area contributed by atoms with Gasteiger partial charge in [-0.25, -0.2) is 9.78 Å². The zero-order valence-electron chi connectivity index (χ0n) is 10.3. The van der Waals surface area contributed by atoms with Gasteiger partial charge in [-0.2, -0.15) is 0 Å². The summed E-state index contributed by atoms with van der Waals surface area (Å²) in [4.78, 5) is 15.9. The standard InChI is InChI=1S/C12H11BrN2O3S/c1-17-9-4-7(13)3-8(5-9)15-12-14-6-10(19-12)11(16)18-2/h3-6H,1-2H3,(H,14,15). The summed E-state index contributed by atoms with van der Waals surface area (Å²) in [7, 11) is 2.94. The van der Waals surface area contributed by atoms with Crippen molar-refractivity contribution in [3.63, 3.8) is 0 Å². The average Bonchev–Trinajstić information content (AvgIpc) is 2.85. The number of benzene rings is 1. The monoisotopic (exact) mass is 342 g/mol. The van der Waals surface area contributed by atoms with Crippen LogP contribution >= 0.6 is 27.3 Å². The zero-order valence-corrected chi connectivity index (χ0v) is 12.7. The molecule has 0 saturated carbocycles. The highest BCUT2D eigenvalue weighted by atomic mass is 79.9. The van der Waals surface area contributed by atoms with E-state index in [9.17, 15) is 4.79 Å². The number of nitrogens with one attached hydrogen (secondary N) is 1. The van der Waals surface area contributed by atoms with E-state index in [2.05, 4.69) is 31.0 Å². The van der Waals surface area contributed by atoms with E-state index in [-0.39, 0.29) is 0 Å². The first kappa shape index (κ1) is 13.8. The Balaban J connectivity index is 2.19. The predicted octanol–water partition coefficient (Wildman–Crippen LogP) is 3.44. The van der Waals surface area contributed by atoms with E-state index in [1.54, 1.807) is 7.11 Å². The first-order chi connectivity index (χ1) is 9.12. The van der Waals surface area contributed by atoms with Crippen molar-refractivity contribution >= 4 is 44.1 Å². The topological polar surface area (TPSA) is 60.5 Å². The summed E-state index contributed by atoms with van der Waals surface area (Å²) in [6.45, 7) is 0. The van der Waals surface area contributed by atoms with Crippen LogP contribution in [0, 0.1) is 0 Å². The van der Waals surface area contributed by atoms with Gasteiger partial charge < -0.3 is 14.8 Å². The molecule has 7 heteroatoms. The number of hydrogen-bond acceptors (Lipinski definition) is 6. The minimum atomic E-state index is -0.391. The number of thiazole rings is 1. The predicted molar refractivity (Wildman–Crippen MR) is 77.4 cm³/mol. The van der Waals surface area contributed by atoms with E-state index in [0.29, 0.717) is 10.0 Å². The first-order valence-electron chi connectivity index (χ1n) is 5.28. The lowest BCUT2D eigenvalue weighted by atomic mass is 10.3. The second kappa shape index (κ2) is 6.03. The number of anilines is 2. The zero-order chi connectivity index (χ0) is 13.8. The van der Waals surface area contributed by atoms with Crippen molar-refractivity contribution in [3.05, 3.63) is 33.7 Å². The number of hydrogen-bond donors (Lipinski definition) is 1. The molecule has 1 aromatic heterocycles. The molecule has 0 radical (unpaired) electrons. The molecule has 19 heavy (non-hydrogen) atoms. The van der Waals surface area contributed by atoms with Gasteiger partial charge in [0.2, 0.25) is 0 Å². The molecule has 5 nitrogen and oxygen atoms in total. The van der Waals surface area contributed by atoms with Gasteiger partial charge in [-0.3, -0.25) is 0 Å². The Bertz CT molecular complexity index is 600. The minimum absolute atomic E-state index is 0.391. The second-order valence-corrected chi connectivity index (χ2v) is 5.47. The van der Waals surface area contributed by atoms with Gasteiger partial charge in [0.25, 0.3) is 0 Å². The molecule has 1 heterocycles. The molecule has 1 aromatic carbocycles.